The maximum Gasteiger partial charge on any atom is 0.334 e. The molecule has 6 heteroatoms. The van der Waals surface area contributed by atoms with Crippen LogP contribution in [0.4, 0.5) is 0 Å². The second-order valence-electron chi connectivity index (χ2n) is 5.74. The lowest BCUT2D eigenvalue weighted by molar-refractivity contribution is -0.145. The number of methoxy groups -OCH3 is 1. The van der Waals surface area contributed by atoms with Crippen LogP contribution < -0.4 is 0 Å². The Bertz CT molecular complexity index is 834. The van der Waals surface area contributed by atoms with Gasteiger partial charge in [0.1, 0.15) is 0 Å². The molecule has 0 amide bonds. The Morgan fingerprint density at radius 1 is 1.12 bits per heavy atom. The number of carboxylic acids is 1. The van der Waals surface area contributed by atoms with Gasteiger partial charge in [-0.05, 0) is 10.8 Å². The van der Waals surface area contributed by atoms with Gasteiger partial charge >= 0.3 is 11.9 Å². The molecule has 1 unspecified atom stereocenters. The van der Waals surface area contributed by atoms with Gasteiger partial charge < -0.3 is 14.6 Å². The van der Waals surface area contributed by atoms with Crippen LogP contribution in [0.5, 0.6) is 0 Å². The average molecular weight is 356 g/mol. The molecule has 0 aliphatic heterocycles. The Labute approximate surface area is 151 Å². The third-order valence-corrected chi connectivity index (χ3v) is 3.83. The molecular formula is C20H20O6. The van der Waals surface area contributed by atoms with Crippen LogP contribution in [0, 0.1) is 0 Å². The number of benzene rings is 2. The summed E-state index contributed by atoms with van der Waals surface area (Å²) >= 11 is 0. The SMILES string of the molecule is C=C(CC(=O)O)C(=O)OC(CCOC)C(=O)c1cccc2ccccc12. The van der Waals surface area contributed by atoms with Crippen LogP contribution in [0.15, 0.2) is 54.6 Å². The van der Waals surface area contributed by atoms with Gasteiger partial charge in [0.15, 0.2) is 6.10 Å². The molecule has 2 aromatic carbocycles. The predicted octanol–water partition coefficient (Wildman–Crippen LogP) is 3.00. The number of esters is 1. The second kappa shape index (κ2) is 8.92. The smallest absolute Gasteiger partial charge is 0.334 e. The van der Waals surface area contributed by atoms with E-state index in [2.05, 4.69) is 6.58 Å². The molecule has 2 rings (SSSR count). The van der Waals surface area contributed by atoms with Crippen molar-refractivity contribution in [2.45, 2.75) is 18.9 Å². The normalized spacial score (nSPS) is 11.7. The Morgan fingerprint density at radius 3 is 2.50 bits per heavy atom. The summed E-state index contributed by atoms with van der Waals surface area (Å²) in [6.45, 7) is 3.62. The van der Waals surface area contributed by atoms with E-state index in [1.165, 1.54) is 7.11 Å². The van der Waals surface area contributed by atoms with Crippen LogP contribution >= 0.6 is 0 Å². The molecule has 0 heterocycles. The summed E-state index contributed by atoms with van der Waals surface area (Å²) in [5.41, 5.74) is 0.214. The second-order valence-corrected chi connectivity index (χ2v) is 5.74. The van der Waals surface area contributed by atoms with E-state index >= 15 is 0 Å². The zero-order chi connectivity index (χ0) is 19.1. The van der Waals surface area contributed by atoms with Gasteiger partial charge in [0.2, 0.25) is 5.78 Å². The van der Waals surface area contributed by atoms with E-state index in [-0.39, 0.29) is 24.4 Å². The molecule has 1 atom stereocenters. The van der Waals surface area contributed by atoms with E-state index in [4.69, 9.17) is 14.6 Å². The molecule has 2 aromatic rings. The van der Waals surface area contributed by atoms with Crippen molar-refractivity contribution in [1.29, 1.82) is 0 Å². The number of carbonyl (C=O) groups excluding carboxylic acids is 2. The number of hydrogen-bond donors (Lipinski definition) is 1. The van der Waals surface area contributed by atoms with Crippen molar-refractivity contribution in [3.8, 4) is 0 Å². The molecule has 0 aromatic heterocycles. The number of hydrogen-bond acceptors (Lipinski definition) is 5. The molecule has 0 saturated heterocycles. The van der Waals surface area contributed by atoms with E-state index < -0.39 is 24.5 Å². The minimum absolute atomic E-state index is 0.157. The summed E-state index contributed by atoms with van der Waals surface area (Å²) in [5, 5.41) is 10.4. The van der Waals surface area contributed by atoms with Crippen LogP contribution in [0.2, 0.25) is 0 Å². The highest BCUT2D eigenvalue weighted by molar-refractivity contribution is 6.11. The number of Topliss-reactive ketones (excluding diaryl/α,β-unsaturated/α-hetero) is 1. The highest BCUT2D eigenvalue weighted by Gasteiger charge is 2.26. The van der Waals surface area contributed by atoms with Crippen molar-refractivity contribution in [1.82, 2.24) is 0 Å². The molecule has 6 nitrogen and oxygen atoms in total. The van der Waals surface area contributed by atoms with E-state index in [0.29, 0.717) is 5.56 Å². The van der Waals surface area contributed by atoms with Crippen LogP contribution in [0.1, 0.15) is 23.2 Å². The summed E-state index contributed by atoms with van der Waals surface area (Å²) in [6.07, 6.45) is -1.47. The highest BCUT2D eigenvalue weighted by atomic mass is 16.5. The van der Waals surface area contributed by atoms with Gasteiger partial charge in [-0.25, -0.2) is 4.79 Å². The van der Waals surface area contributed by atoms with Gasteiger partial charge in [0, 0.05) is 24.7 Å². The molecule has 26 heavy (non-hydrogen) atoms. The van der Waals surface area contributed by atoms with E-state index in [1.54, 1.807) is 12.1 Å². The maximum absolute atomic E-state index is 13.0. The van der Waals surface area contributed by atoms with Gasteiger partial charge in [-0.15, -0.1) is 0 Å². The topological polar surface area (TPSA) is 89.9 Å². The molecule has 136 valence electrons. The molecule has 0 spiro atoms. The van der Waals surface area contributed by atoms with E-state index in [9.17, 15) is 14.4 Å². The first-order valence-electron chi connectivity index (χ1n) is 8.05. The lowest BCUT2D eigenvalue weighted by Gasteiger charge is -2.18. The summed E-state index contributed by atoms with van der Waals surface area (Å²) in [7, 11) is 1.48. The van der Waals surface area contributed by atoms with Crippen molar-refractivity contribution in [3.63, 3.8) is 0 Å². The fourth-order valence-corrected chi connectivity index (χ4v) is 2.55. The maximum atomic E-state index is 13.0. The zero-order valence-corrected chi connectivity index (χ0v) is 14.4. The van der Waals surface area contributed by atoms with E-state index in [0.717, 1.165) is 10.8 Å². The van der Waals surface area contributed by atoms with Crippen molar-refractivity contribution < 1.29 is 29.0 Å². The van der Waals surface area contributed by atoms with Gasteiger partial charge in [0.05, 0.1) is 13.0 Å². The Morgan fingerprint density at radius 2 is 1.81 bits per heavy atom. The Balaban J connectivity index is 2.27. The molecule has 0 radical (unpaired) electrons. The zero-order valence-electron chi connectivity index (χ0n) is 14.4. The monoisotopic (exact) mass is 356 g/mol. The van der Waals surface area contributed by atoms with Crippen molar-refractivity contribution in [3.05, 3.63) is 60.2 Å². The molecule has 1 N–H and O–H groups in total. The Kier molecular flexibility index (Phi) is 6.63. The Hall–Kier alpha value is -2.99. The van der Waals surface area contributed by atoms with Crippen LogP contribution in [0.25, 0.3) is 10.8 Å². The third-order valence-electron chi connectivity index (χ3n) is 3.83. The number of rotatable bonds is 9. The summed E-state index contributed by atoms with van der Waals surface area (Å²) in [4.78, 5) is 35.8. The first kappa shape index (κ1) is 19.3. The number of carbonyl (C=O) groups is 3. The number of aliphatic carboxylic acids is 1. The van der Waals surface area contributed by atoms with Crippen molar-refractivity contribution >= 4 is 28.5 Å². The van der Waals surface area contributed by atoms with Crippen molar-refractivity contribution in [2.24, 2.45) is 0 Å². The largest absolute Gasteiger partial charge is 0.481 e. The molecule has 0 saturated carbocycles. The number of fused-ring (bicyclic) bond motifs is 1. The fraction of sp³-hybridized carbons (Fsp3) is 0.250. The molecule has 0 fully saturated rings. The van der Waals surface area contributed by atoms with Crippen LogP contribution in [0.3, 0.4) is 0 Å². The molecular weight excluding hydrogens is 336 g/mol. The highest BCUT2D eigenvalue weighted by Crippen LogP contribution is 2.22. The summed E-state index contributed by atoms with van der Waals surface area (Å²) in [5.74, 6) is -2.46. The standard InChI is InChI=1S/C20H20O6/c1-13(12-18(21)22)20(24)26-17(10-11-25-2)19(23)16-9-5-7-14-6-3-4-8-15(14)16/h3-9,17H,1,10-12H2,2H3,(H,21,22). The summed E-state index contributed by atoms with van der Waals surface area (Å²) in [6, 6.07) is 12.7. The molecule has 0 aliphatic carbocycles. The third kappa shape index (κ3) is 4.77. The molecule has 0 aliphatic rings. The lowest BCUT2D eigenvalue weighted by atomic mass is 9.97. The predicted molar refractivity (Wildman–Crippen MR) is 96.0 cm³/mol. The van der Waals surface area contributed by atoms with Gasteiger partial charge in [-0.1, -0.05) is 49.0 Å². The van der Waals surface area contributed by atoms with Crippen molar-refractivity contribution in [2.75, 3.05) is 13.7 Å². The van der Waals surface area contributed by atoms with Gasteiger partial charge in [-0.3, -0.25) is 9.59 Å². The summed E-state index contributed by atoms with van der Waals surface area (Å²) < 4.78 is 10.2. The average Bonchev–Trinajstić information content (AvgIpc) is 2.63. The minimum Gasteiger partial charge on any atom is -0.481 e. The number of ketones is 1. The molecule has 0 bridgehead atoms. The number of carboxylic acid groups (broad SMARTS) is 1. The number of ether oxygens (including phenoxy) is 2. The lowest BCUT2D eigenvalue weighted by Crippen LogP contribution is -2.29. The quantitative estimate of drug-likeness (QED) is 0.422. The van der Waals surface area contributed by atoms with Gasteiger partial charge in [0.25, 0.3) is 0 Å². The van der Waals surface area contributed by atoms with Crippen LogP contribution in [-0.4, -0.2) is 42.6 Å². The first-order valence-corrected chi connectivity index (χ1v) is 8.05. The van der Waals surface area contributed by atoms with Crippen LogP contribution in [-0.2, 0) is 19.1 Å². The minimum atomic E-state index is -1.19. The first-order chi connectivity index (χ1) is 12.4. The van der Waals surface area contributed by atoms with Gasteiger partial charge in [-0.2, -0.15) is 0 Å². The van der Waals surface area contributed by atoms with E-state index in [1.807, 2.05) is 30.3 Å². The fourth-order valence-electron chi connectivity index (χ4n) is 2.55.